The quantitative estimate of drug-likeness (QED) is 0.824. The van der Waals surface area contributed by atoms with Crippen LogP contribution in [0.5, 0.6) is 0 Å². The summed E-state index contributed by atoms with van der Waals surface area (Å²) in [6, 6.07) is 8.30. The summed E-state index contributed by atoms with van der Waals surface area (Å²) >= 11 is 0. The molecule has 18 heavy (non-hydrogen) atoms. The SMILES string of the molecule is CC(C)CC1CCCN(Cc2cccc(N)c2)C1. The molecule has 1 atom stereocenters. The molecule has 0 amide bonds. The average molecular weight is 246 g/mol. The summed E-state index contributed by atoms with van der Waals surface area (Å²) in [5.74, 6) is 1.71. The van der Waals surface area contributed by atoms with E-state index in [9.17, 15) is 0 Å². The molecule has 1 aromatic rings. The van der Waals surface area contributed by atoms with Gasteiger partial charge in [-0.2, -0.15) is 0 Å². The first-order valence-electron chi connectivity index (χ1n) is 7.20. The summed E-state index contributed by atoms with van der Waals surface area (Å²) < 4.78 is 0. The van der Waals surface area contributed by atoms with E-state index in [0.717, 1.165) is 24.1 Å². The van der Waals surface area contributed by atoms with Gasteiger partial charge in [0.2, 0.25) is 0 Å². The van der Waals surface area contributed by atoms with Gasteiger partial charge in [0.15, 0.2) is 0 Å². The third-order valence-corrected chi connectivity index (χ3v) is 3.77. The fourth-order valence-electron chi connectivity index (χ4n) is 3.10. The minimum atomic E-state index is 0.822. The number of rotatable bonds is 4. The molecule has 0 spiro atoms. The molecule has 0 aromatic heterocycles. The number of nitrogens with two attached hydrogens (primary N) is 1. The molecular formula is C16H26N2. The van der Waals surface area contributed by atoms with Crippen molar-refractivity contribution in [2.24, 2.45) is 11.8 Å². The van der Waals surface area contributed by atoms with Gasteiger partial charge in [-0.3, -0.25) is 4.90 Å². The maximum Gasteiger partial charge on any atom is 0.0317 e. The van der Waals surface area contributed by atoms with Gasteiger partial charge >= 0.3 is 0 Å². The van der Waals surface area contributed by atoms with Crippen LogP contribution in [0.4, 0.5) is 5.69 Å². The monoisotopic (exact) mass is 246 g/mol. The molecule has 0 saturated carbocycles. The summed E-state index contributed by atoms with van der Waals surface area (Å²) in [5.41, 5.74) is 8.06. The van der Waals surface area contributed by atoms with Gasteiger partial charge in [0.05, 0.1) is 0 Å². The molecule has 100 valence electrons. The molecule has 1 aliphatic heterocycles. The second-order valence-electron chi connectivity index (χ2n) is 6.12. The first-order valence-corrected chi connectivity index (χ1v) is 7.20. The van der Waals surface area contributed by atoms with E-state index in [1.54, 1.807) is 0 Å². The highest BCUT2D eigenvalue weighted by Gasteiger charge is 2.20. The van der Waals surface area contributed by atoms with Crippen molar-refractivity contribution in [1.29, 1.82) is 0 Å². The third kappa shape index (κ3) is 4.02. The van der Waals surface area contributed by atoms with Gasteiger partial charge in [-0.05, 0) is 55.3 Å². The second-order valence-corrected chi connectivity index (χ2v) is 6.12. The third-order valence-electron chi connectivity index (χ3n) is 3.77. The number of nitrogen functional groups attached to an aromatic ring is 1. The van der Waals surface area contributed by atoms with Gasteiger partial charge in [0.1, 0.15) is 0 Å². The van der Waals surface area contributed by atoms with E-state index in [0.29, 0.717) is 0 Å². The van der Waals surface area contributed by atoms with Gasteiger partial charge in [-0.25, -0.2) is 0 Å². The van der Waals surface area contributed by atoms with Crippen molar-refractivity contribution in [2.45, 2.75) is 39.7 Å². The van der Waals surface area contributed by atoms with Gasteiger partial charge in [-0.1, -0.05) is 26.0 Å². The van der Waals surface area contributed by atoms with E-state index in [1.165, 1.54) is 37.9 Å². The van der Waals surface area contributed by atoms with E-state index in [2.05, 4.69) is 36.9 Å². The van der Waals surface area contributed by atoms with Crippen molar-refractivity contribution < 1.29 is 0 Å². The molecule has 1 aliphatic rings. The Balaban J connectivity index is 1.89. The number of nitrogens with zero attached hydrogens (tertiary/aromatic N) is 1. The van der Waals surface area contributed by atoms with Gasteiger partial charge in [0.25, 0.3) is 0 Å². The van der Waals surface area contributed by atoms with Crippen LogP contribution in [0, 0.1) is 11.8 Å². The lowest BCUT2D eigenvalue weighted by molar-refractivity contribution is 0.153. The Morgan fingerprint density at radius 3 is 2.94 bits per heavy atom. The zero-order chi connectivity index (χ0) is 13.0. The van der Waals surface area contributed by atoms with Crippen molar-refractivity contribution in [2.75, 3.05) is 18.8 Å². The van der Waals surface area contributed by atoms with Crippen molar-refractivity contribution >= 4 is 5.69 Å². The number of piperidine rings is 1. The largest absolute Gasteiger partial charge is 0.399 e. The zero-order valence-electron chi connectivity index (χ0n) is 11.7. The predicted molar refractivity (Wildman–Crippen MR) is 78.3 cm³/mol. The predicted octanol–water partition coefficient (Wildman–Crippen LogP) is 3.53. The van der Waals surface area contributed by atoms with E-state index in [4.69, 9.17) is 5.73 Å². The molecule has 0 aliphatic carbocycles. The van der Waals surface area contributed by atoms with Crippen LogP contribution >= 0.6 is 0 Å². The summed E-state index contributed by atoms with van der Waals surface area (Å²) in [4.78, 5) is 2.59. The van der Waals surface area contributed by atoms with Crippen molar-refractivity contribution in [3.8, 4) is 0 Å². The lowest BCUT2D eigenvalue weighted by atomic mass is 9.89. The van der Waals surface area contributed by atoms with E-state index in [1.807, 2.05) is 6.07 Å². The Labute approximate surface area is 111 Å². The Kier molecular flexibility index (Phi) is 4.65. The van der Waals surface area contributed by atoms with Crippen LogP contribution in [-0.4, -0.2) is 18.0 Å². The van der Waals surface area contributed by atoms with Gasteiger partial charge in [-0.15, -0.1) is 0 Å². The van der Waals surface area contributed by atoms with E-state index < -0.39 is 0 Å². The maximum absolute atomic E-state index is 5.84. The first kappa shape index (κ1) is 13.4. The highest BCUT2D eigenvalue weighted by Crippen LogP contribution is 2.24. The summed E-state index contributed by atoms with van der Waals surface area (Å²) in [6.45, 7) is 8.21. The average Bonchev–Trinajstić information content (AvgIpc) is 2.28. The molecule has 1 heterocycles. The van der Waals surface area contributed by atoms with Crippen LogP contribution in [0.25, 0.3) is 0 Å². The second kappa shape index (κ2) is 6.24. The molecule has 1 aromatic carbocycles. The highest BCUT2D eigenvalue weighted by atomic mass is 15.1. The van der Waals surface area contributed by atoms with Gasteiger partial charge in [0, 0.05) is 18.8 Å². The number of hydrogen-bond acceptors (Lipinski definition) is 2. The van der Waals surface area contributed by atoms with Crippen molar-refractivity contribution in [1.82, 2.24) is 4.90 Å². The normalized spacial score (nSPS) is 21.4. The van der Waals surface area contributed by atoms with Crippen LogP contribution in [0.15, 0.2) is 24.3 Å². The Hall–Kier alpha value is -1.02. The van der Waals surface area contributed by atoms with Crippen molar-refractivity contribution in [3.63, 3.8) is 0 Å². The van der Waals surface area contributed by atoms with E-state index >= 15 is 0 Å². The molecule has 1 saturated heterocycles. The summed E-state index contributed by atoms with van der Waals surface area (Å²) in [7, 11) is 0. The molecule has 1 unspecified atom stereocenters. The summed E-state index contributed by atoms with van der Waals surface area (Å²) in [6.07, 6.45) is 4.12. The van der Waals surface area contributed by atoms with Crippen LogP contribution in [0.3, 0.4) is 0 Å². The molecule has 2 rings (SSSR count). The smallest absolute Gasteiger partial charge is 0.0317 e. The number of benzene rings is 1. The Morgan fingerprint density at radius 2 is 2.22 bits per heavy atom. The van der Waals surface area contributed by atoms with Crippen LogP contribution in [-0.2, 0) is 6.54 Å². The lowest BCUT2D eigenvalue weighted by Crippen LogP contribution is -2.35. The summed E-state index contributed by atoms with van der Waals surface area (Å²) in [5, 5.41) is 0. The minimum Gasteiger partial charge on any atom is -0.399 e. The first-order chi connectivity index (χ1) is 8.63. The van der Waals surface area contributed by atoms with Gasteiger partial charge < -0.3 is 5.73 Å². The van der Waals surface area contributed by atoms with Crippen LogP contribution < -0.4 is 5.73 Å². The lowest BCUT2D eigenvalue weighted by Gasteiger charge is -2.33. The zero-order valence-corrected chi connectivity index (χ0v) is 11.7. The number of hydrogen-bond donors (Lipinski definition) is 1. The molecule has 0 bridgehead atoms. The van der Waals surface area contributed by atoms with Crippen LogP contribution in [0.1, 0.15) is 38.7 Å². The van der Waals surface area contributed by atoms with E-state index in [-0.39, 0.29) is 0 Å². The fourth-order valence-corrected chi connectivity index (χ4v) is 3.10. The fraction of sp³-hybridized carbons (Fsp3) is 0.625. The van der Waals surface area contributed by atoms with Crippen molar-refractivity contribution in [3.05, 3.63) is 29.8 Å². The maximum atomic E-state index is 5.84. The standard InChI is InChI=1S/C16H26N2/c1-13(2)9-14-6-4-8-18(11-14)12-15-5-3-7-16(17)10-15/h3,5,7,10,13-14H,4,6,8-9,11-12,17H2,1-2H3. The topological polar surface area (TPSA) is 29.3 Å². The molecule has 1 fully saturated rings. The Morgan fingerprint density at radius 1 is 1.39 bits per heavy atom. The highest BCUT2D eigenvalue weighted by molar-refractivity contribution is 5.40. The number of anilines is 1. The molecular weight excluding hydrogens is 220 g/mol. The molecule has 0 radical (unpaired) electrons. The minimum absolute atomic E-state index is 0.822. The molecule has 2 heteroatoms. The Bertz CT molecular complexity index is 373. The number of likely N-dealkylation sites (tertiary alicyclic amines) is 1. The molecule has 2 nitrogen and oxygen atoms in total. The molecule has 2 N–H and O–H groups in total. The van der Waals surface area contributed by atoms with Crippen LogP contribution in [0.2, 0.25) is 0 Å².